The van der Waals surface area contributed by atoms with Crippen molar-refractivity contribution in [2.45, 2.75) is 6.54 Å². The van der Waals surface area contributed by atoms with Crippen LogP contribution in [0.15, 0.2) is 34.8 Å². The second kappa shape index (κ2) is 6.19. The maximum atomic E-state index is 7.40. The number of benzene rings is 1. The minimum absolute atomic E-state index is 0.111. The lowest BCUT2D eigenvalue weighted by atomic mass is 10.2. The number of hydrogen-bond acceptors (Lipinski definition) is 2. The maximum Gasteiger partial charge on any atom is 0.233 e. The lowest BCUT2D eigenvalue weighted by molar-refractivity contribution is 0.582. The van der Waals surface area contributed by atoms with Crippen molar-refractivity contribution in [3.05, 3.63) is 35.9 Å². The third kappa shape index (κ3) is 3.29. The molecule has 7 heteroatoms. The van der Waals surface area contributed by atoms with Gasteiger partial charge in [-0.15, -0.1) is 4.51 Å². The summed E-state index contributed by atoms with van der Waals surface area (Å²) in [7, 11) is 0. The Hall–Kier alpha value is -1.46. The molecule has 0 heterocycles. The zero-order valence-electron chi connectivity index (χ0n) is 8.32. The molecule has 0 unspecified atom stereocenters. The second-order valence-electron chi connectivity index (χ2n) is 2.96. The molecule has 0 spiro atoms. The lowest BCUT2D eigenvalue weighted by Gasteiger charge is -2.21. The van der Waals surface area contributed by atoms with Crippen molar-refractivity contribution in [3.63, 3.8) is 0 Å². The third-order valence-corrected chi connectivity index (χ3v) is 2.22. The summed E-state index contributed by atoms with van der Waals surface area (Å²) >= 11 is 10.7. The molecule has 0 aliphatic carbocycles. The van der Waals surface area contributed by atoms with Gasteiger partial charge in [0, 0.05) is 23.6 Å². The van der Waals surface area contributed by atoms with Crippen molar-refractivity contribution in [2.75, 3.05) is 0 Å². The topological polar surface area (TPSA) is 77.5 Å². The molecule has 0 aliphatic rings. The van der Waals surface area contributed by atoms with E-state index in [1.165, 1.54) is 4.90 Å². The molecule has 0 bridgehead atoms. The van der Waals surface area contributed by atoms with E-state index in [0.29, 0.717) is 6.54 Å². The van der Waals surface area contributed by atoms with Gasteiger partial charge in [0.25, 0.3) is 0 Å². The Morgan fingerprint density at radius 1 is 1.44 bits per heavy atom. The van der Waals surface area contributed by atoms with Crippen LogP contribution >= 0.6 is 23.6 Å². The summed E-state index contributed by atoms with van der Waals surface area (Å²) in [5.74, 6) is -0.0870. The van der Waals surface area contributed by atoms with Crippen LogP contribution in [-0.2, 0) is 6.54 Å². The average Bonchev–Trinajstić information content (AvgIpc) is 2.30. The summed E-state index contributed by atoms with van der Waals surface area (Å²) in [6.07, 6.45) is 0. The van der Waals surface area contributed by atoms with Crippen LogP contribution in [-0.4, -0.2) is 16.8 Å². The van der Waals surface area contributed by atoms with Crippen LogP contribution in [0.5, 0.6) is 0 Å². The highest BCUT2D eigenvalue weighted by atomic mass is 35.5. The largest absolute Gasteiger partial charge is 0.370 e. The van der Waals surface area contributed by atoms with Crippen LogP contribution in [0.4, 0.5) is 0 Å². The van der Waals surface area contributed by atoms with Gasteiger partial charge in [-0.3, -0.25) is 15.1 Å². The fraction of sp³-hybridized carbons (Fsp3) is 0.111. The standard InChI is InChI=1S/C9H11Cl2N5/c10-14-9(15-11)16(8(12)13)6-7-4-2-1-3-5-7/h1-5H,6H2,(H3,12,13)(H,14,15). The zero-order chi connectivity index (χ0) is 12.0. The summed E-state index contributed by atoms with van der Waals surface area (Å²) in [5.41, 5.74) is 6.37. The Morgan fingerprint density at radius 2 is 2.06 bits per heavy atom. The van der Waals surface area contributed by atoms with E-state index in [9.17, 15) is 0 Å². The fourth-order valence-electron chi connectivity index (χ4n) is 1.15. The first kappa shape index (κ1) is 12.6. The number of nitrogens with one attached hydrogen (secondary N) is 2. The molecule has 0 aromatic heterocycles. The Kier molecular flexibility index (Phi) is 4.88. The van der Waals surface area contributed by atoms with E-state index in [-0.39, 0.29) is 11.9 Å². The predicted molar refractivity (Wildman–Crippen MR) is 66.2 cm³/mol. The zero-order valence-corrected chi connectivity index (χ0v) is 9.83. The van der Waals surface area contributed by atoms with Crippen molar-refractivity contribution in [1.29, 1.82) is 5.41 Å². The Balaban J connectivity index is 2.85. The molecule has 0 radical (unpaired) electrons. The average molecular weight is 260 g/mol. The van der Waals surface area contributed by atoms with Gasteiger partial charge in [0.15, 0.2) is 5.96 Å². The summed E-state index contributed by atoms with van der Waals surface area (Å²) in [6, 6.07) is 9.47. The molecule has 0 atom stereocenters. The van der Waals surface area contributed by atoms with E-state index in [1.807, 2.05) is 30.3 Å². The highest BCUT2D eigenvalue weighted by molar-refractivity contribution is 6.27. The molecular weight excluding hydrogens is 249 g/mol. The summed E-state index contributed by atoms with van der Waals surface area (Å²) in [5, 5.41) is 7.40. The first-order valence-electron chi connectivity index (χ1n) is 4.40. The normalized spacial score (nSPS) is 11.0. The van der Waals surface area contributed by atoms with Gasteiger partial charge in [0.2, 0.25) is 5.96 Å². The molecule has 0 aliphatic heterocycles. The molecule has 1 aromatic carbocycles. The first-order valence-corrected chi connectivity index (χ1v) is 5.11. The van der Waals surface area contributed by atoms with E-state index >= 15 is 0 Å². The number of guanidine groups is 2. The SMILES string of the molecule is N=C(N)N(Cc1ccccc1)C(=NCl)NCl. The van der Waals surface area contributed by atoms with Gasteiger partial charge in [-0.25, -0.2) is 0 Å². The molecule has 86 valence electrons. The number of nitrogens with zero attached hydrogens (tertiary/aromatic N) is 2. The van der Waals surface area contributed by atoms with Crippen LogP contribution in [0, 0.1) is 5.41 Å². The van der Waals surface area contributed by atoms with E-state index in [4.69, 9.17) is 34.7 Å². The van der Waals surface area contributed by atoms with Gasteiger partial charge in [0.05, 0.1) is 6.54 Å². The van der Waals surface area contributed by atoms with Crippen molar-refractivity contribution in [1.82, 2.24) is 9.74 Å². The number of hydrogen-bond donors (Lipinski definition) is 3. The molecular formula is C9H11Cl2N5. The summed E-state index contributed by atoms with van der Waals surface area (Å²) < 4.78 is 3.38. The molecule has 0 saturated heterocycles. The minimum Gasteiger partial charge on any atom is -0.370 e. The van der Waals surface area contributed by atoms with E-state index in [1.54, 1.807) is 0 Å². The third-order valence-electron chi connectivity index (χ3n) is 1.89. The fourth-order valence-corrected chi connectivity index (χ4v) is 1.47. The van der Waals surface area contributed by atoms with Crippen molar-refractivity contribution < 1.29 is 0 Å². The van der Waals surface area contributed by atoms with Crippen molar-refractivity contribution >= 4 is 35.5 Å². The molecule has 0 amide bonds. The maximum absolute atomic E-state index is 7.40. The highest BCUT2D eigenvalue weighted by Gasteiger charge is 2.14. The molecule has 1 aromatic rings. The van der Waals surface area contributed by atoms with Crippen LogP contribution in [0.3, 0.4) is 0 Å². The second-order valence-corrected chi connectivity index (χ2v) is 3.32. The minimum atomic E-state index is -0.198. The number of rotatable bonds is 2. The molecule has 0 fully saturated rings. The molecule has 5 nitrogen and oxygen atoms in total. The lowest BCUT2D eigenvalue weighted by Crippen LogP contribution is -2.44. The van der Waals surface area contributed by atoms with Gasteiger partial charge >= 0.3 is 0 Å². The first-order chi connectivity index (χ1) is 7.69. The quantitative estimate of drug-likeness (QED) is 0.429. The molecule has 0 saturated carbocycles. The van der Waals surface area contributed by atoms with Crippen LogP contribution in [0.2, 0.25) is 0 Å². The molecule has 1 rings (SSSR count). The van der Waals surface area contributed by atoms with Crippen LogP contribution in [0.1, 0.15) is 5.56 Å². The van der Waals surface area contributed by atoms with E-state index in [2.05, 4.69) is 9.35 Å². The number of nitrogens with two attached hydrogens (primary N) is 1. The number of halogens is 2. The molecule has 16 heavy (non-hydrogen) atoms. The molecule has 4 N–H and O–H groups in total. The van der Waals surface area contributed by atoms with Gasteiger partial charge in [0.1, 0.15) is 0 Å². The van der Waals surface area contributed by atoms with Gasteiger partial charge < -0.3 is 5.73 Å². The van der Waals surface area contributed by atoms with E-state index < -0.39 is 0 Å². The Morgan fingerprint density at radius 3 is 2.50 bits per heavy atom. The van der Waals surface area contributed by atoms with Crippen molar-refractivity contribution in [2.24, 2.45) is 10.2 Å². The monoisotopic (exact) mass is 259 g/mol. The highest BCUT2D eigenvalue weighted by Crippen LogP contribution is 2.05. The van der Waals surface area contributed by atoms with Crippen LogP contribution in [0.25, 0.3) is 0 Å². The smallest absolute Gasteiger partial charge is 0.233 e. The Labute approximate surface area is 104 Å². The van der Waals surface area contributed by atoms with Gasteiger partial charge in [-0.05, 0) is 5.56 Å². The van der Waals surface area contributed by atoms with E-state index in [0.717, 1.165) is 5.56 Å². The van der Waals surface area contributed by atoms with Crippen LogP contribution < -0.4 is 10.6 Å². The van der Waals surface area contributed by atoms with Gasteiger partial charge in [-0.2, -0.15) is 0 Å². The summed E-state index contributed by atoms with van der Waals surface area (Å²) in [4.78, 5) is 3.59. The van der Waals surface area contributed by atoms with Gasteiger partial charge in [-0.1, -0.05) is 30.3 Å². The Bertz CT molecular complexity index is 379. The predicted octanol–water partition coefficient (Wildman–Crippen LogP) is 1.64. The summed E-state index contributed by atoms with van der Waals surface area (Å²) in [6.45, 7) is 0.363. The van der Waals surface area contributed by atoms with Crippen molar-refractivity contribution in [3.8, 4) is 0 Å².